The van der Waals surface area contributed by atoms with E-state index in [4.69, 9.17) is 9.47 Å². The van der Waals surface area contributed by atoms with Gasteiger partial charge in [0.05, 0.1) is 0 Å². The molecule has 0 spiro atoms. The van der Waals surface area contributed by atoms with Gasteiger partial charge < -0.3 is 20.1 Å². The van der Waals surface area contributed by atoms with Gasteiger partial charge in [-0.25, -0.2) is 4.79 Å². The maximum absolute atomic E-state index is 11.7. The Kier molecular flexibility index (Phi) is 7.30. The fourth-order valence-corrected chi connectivity index (χ4v) is 2.45. The molecule has 20 heavy (non-hydrogen) atoms. The highest BCUT2D eigenvalue weighted by molar-refractivity contribution is 5.68. The standard InChI is InChI=1S/C15H30N2O3/c1-15(2,3)20-14(18)17-13-8-7-12(11-13)16-9-5-6-10-19-4/h12-13,16H,5-11H2,1-4H3,(H,17,18). The van der Waals surface area contributed by atoms with Crippen molar-refractivity contribution in [3.8, 4) is 0 Å². The van der Waals surface area contributed by atoms with Crippen molar-refractivity contribution in [2.75, 3.05) is 20.3 Å². The molecule has 0 aromatic rings. The minimum absolute atomic E-state index is 0.237. The number of methoxy groups -OCH3 is 1. The molecule has 0 aromatic carbocycles. The number of carbonyl (C=O) groups excluding carboxylic acids is 1. The van der Waals surface area contributed by atoms with Gasteiger partial charge in [-0.05, 0) is 59.4 Å². The minimum Gasteiger partial charge on any atom is -0.444 e. The Labute approximate surface area is 122 Å². The summed E-state index contributed by atoms with van der Waals surface area (Å²) in [5.74, 6) is 0. The zero-order valence-electron chi connectivity index (χ0n) is 13.3. The van der Waals surface area contributed by atoms with Crippen molar-refractivity contribution < 1.29 is 14.3 Å². The predicted octanol–water partition coefficient (Wildman–Crippen LogP) is 2.45. The van der Waals surface area contributed by atoms with Crippen LogP contribution in [0, 0.1) is 0 Å². The summed E-state index contributed by atoms with van der Waals surface area (Å²) in [7, 11) is 1.73. The predicted molar refractivity (Wildman–Crippen MR) is 79.9 cm³/mol. The minimum atomic E-state index is -0.429. The Hall–Kier alpha value is -0.810. The SMILES string of the molecule is COCCCCNC1CCC(NC(=O)OC(C)(C)C)C1. The zero-order valence-corrected chi connectivity index (χ0v) is 13.3. The Morgan fingerprint density at radius 3 is 2.55 bits per heavy atom. The number of nitrogens with one attached hydrogen (secondary N) is 2. The van der Waals surface area contributed by atoms with Crippen molar-refractivity contribution in [3.63, 3.8) is 0 Å². The van der Waals surface area contributed by atoms with Crippen LogP contribution in [0.5, 0.6) is 0 Å². The van der Waals surface area contributed by atoms with E-state index in [1.165, 1.54) is 0 Å². The van der Waals surface area contributed by atoms with Crippen LogP contribution >= 0.6 is 0 Å². The first-order valence-electron chi connectivity index (χ1n) is 7.62. The number of hydrogen-bond acceptors (Lipinski definition) is 4. The molecular weight excluding hydrogens is 256 g/mol. The van der Waals surface area contributed by atoms with Gasteiger partial charge in [0.25, 0.3) is 0 Å². The third-order valence-corrected chi connectivity index (χ3v) is 3.36. The smallest absolute Gasteiger partial charge is 0.407 e. The molecule has 2 N–H and O–H groups in total. The molecule has 0 radical (unpaired) electrons. The molecule has 1 rings (SSSR count). The Morgan fingerprint density at radius 2 is 1.90 bits per heavy atom. The molecule has 2 unspecified atom stereocenters. The molecule has 0 heterocycles. The van der Waals surface area contributed by atoms with E-state index < -0.39 is 5.60 Å². The summed E-state index contributed by atoms with van der Waals surface area (Å²) in [6.07, 6.45) is 5.05. The van der Waals surface area contributed by atoms with Gasteiger partial charge >= 0.3 is 6.09 Å². The second-order valence-electron chi connectivity index (χ2n) is 6.51. The lowest BCUT2D eigenvalue weighted by molar-refractivity contribution is 0.0505. The highest BCUT2D eigenvalue weighted by Crippen LogP contribution is 2.19. The van der Waals surface area contributed by atoms with Crippen LogP contribution in [0.3, 0.4) is 0 Å². The lowest BCUT2D eigenvalue weighted by Crippen LogP contribution is -2.39. The van der Waals surface area contributed by atoms with Crippen LogP contribution in [-0.2, 0) is 9.47 Å². The maximum Gasteiger partial charge on any atom is 0.407 e. The van der Waals surface area contributed by atoms with E-state index in [2.05, 4.69) is 10.6 Å². The van der Waals surface area contributed by atoms with Crippen molar-refractivity contribution in [1.29, 1.82) is 0 Å². The highest BCUT2D eigenvalue weighted by Gasteiger charge is 2.27. The van der Waals surface area contributed by atoms with Crippen LogP contribution in [-0.4, -0.2) is 44.0 Å². The van der Waals surface area contributed by atoms with E-state index in [-0.39, 0.29) is 12.1 Å². The third-order valence-electron chi connectivity index (χ3n) is 3.36. The number of unbranched alkanes of at least 4 members (excludes halogenated alkanes) is 1. The van der Waals surface area contributed by atoms with Gasteiger partial charge in [-0.2, -0.15) is 0 Å². The molecule has 1 amide bonds. The summed E-state index contributed by atoms with van der Waals surface area (Å²) in [4.78, 5) is 11.7. The molecule has 0 aromatic heterocycles. The Balaban J connectivity index is 2.12. The monoisotopic (exact) mass is 286 g/mol. The van der Waals surface area contributed by atoms with Crippen LogP contribution in [0.25, 0.3) is 0 Å². The summed E-state index contributed by atoms with van der Waals surface area (Å²) in [6.45, 7) is 7.49. The van der Waals surface area contributed by atoms with Crippen molar-refractivity contribution in [2.24, 2.45) is 0 Å². The van der Waals surface area contributed by atoms with Gasteiger partial charge in [0.15, 0.2) is 0 Å². The van der Waals surface area contributed by atoms with E-state index >= 15 is 0 Å². The van der Waals surface area contributed by atoms with Gasteiger partial charge in [0, 0.05) is 25.8 Å². The average molecular weight is 286 g/mol. The second kappa shape index (κ2) is 8.47. The molecule has 5 heteroatoms. The summed E-state index contributed by atoms with van der Waals surface area (Å²) < 4.78 is 10.3. The van der Waals surface area contributed by atoms with Crippen molar-refractivity contribution >= 4 is 6.09 Å². The zero-order chi connectivity index (χ0) is 15.0. The van der Waals surface area contributed by atoms with Crippen LogP contribution in [0.2, 0.25) is 0 Å². The fourth-order valence-electron chi connectivity index (χ4n) is 2.45. The summed E-state index contributed by atoms with van der Waals surface area (Å²) in [5.41, 5.74) is -0.429. The molecule has 118 valence electrons. The van der Waals surface area contributed by atoms with E-state index in [0.717, 1.165) is 45.3 Å². The van der Waals surface area contributed by atoms with Gasteiger partial charge in [-0.1, -0.05) is 0 Å². The van der Waals surface area contributed by atoms with Crippen molar-refractivity contribution in [3.05, 3.63) is 0 Å². The lowest BCUT2D eigenvalue weighted by atomic mass is 10.2. The molecule has 1 aliphatic rings. The summed E-state index contributed by atoms with van der Waals surface area (Å²) >= 11 is 0. The molecule has 1 saturated carbocycles. The quantitative estimate of drug-likeness (QED) is 0.706. The van der Waals surface area contributed by atoms with Crippen LogP contribution in [0.1, 0.15) is 52.9 Å². The highest BCUT2D eigenvalue weighted by atomic mass is 16.6. The van der Waals surface area contributed by atoms with Crippen LogP contribution in [0.4, 0.5) is 4.79 Å². The molecule has 0 saturated heterocycles. The molecule has 2 atom stereocenters. The van der Waals surface area contributed by atoms with Crippen LogP contribution < -0.4 is 10.6 Å². The lowest BCUT2D eigenvalue weighted by Gasteiger charge is -2.21. The van der Waals surface area contributed by atoms with Gasteiger partial charge in [0.1, 0.15) is 5.60 Å². The van der Waals surface area contributed by atoms with E-state index in [1.54, 1.807) is 7.11 Å². The molecule has 1 fully saturated rings. The molecule has 0 aliphatic heterocycles. The molecule has 5 nitrogen and oxygen atoms in total. The summed E-state index contributed by atoms with van der Waals surface area (Å²) in [5, 5.41) is 6.50. The first kappa shape index (κ1) is 17.2. The Bertz CT molecular complexity index is 289. The van der Waals surface area contributed by atoms with Crippen molar-refractivity contribution in [2.45, 2.75) is 70.6 Å². The molecule has 1 aliphatic carbocycles. The maximum atomic E-state index is 11.7. The Morgan fingerprint density at radius 1 is 1.20 bits per heavy atom. The number of amides is 1. The number of rotatable bonds is 7. The first-order valence-corrected chi connectivity index (χ1v) is 7.62. The van der Waals surface area contributed by atoms with Gasteiger partial charge in [0.2, 0.25) is 0 Å². The number of hydrogen-bond donors (Lipinski definition) is 2. The van der Waals surface area contributed by atoms with E-state index in [9.17, 15) is 4.79 Å². The number of alkyl carbamates (subject to hydrolysis) is 1. The first-order chi connectivity index (χ1) is 9.40. The van der Waals surface area contributed by atoms with Gasteiger partial charge in [-0.15, -0.1) is 0 Å². The topological polar surface area (TPSA) is 59.6 Å². The van der Waals surface area contributed by atoms with Gasteiger partial charge in [-0.3, -0.25) is 0 Å². The largest absolute Gasteiger partial charge is 0.444 e. The fraction of sp³-hybridized carbons (Fsp3) is 0.933. The van der Waals surface area contributed by atoms with Crippen molar-refractivity contribution in [1.82, 2.24) is 10.6 Å². The molecule has 0 bridgehead atoms. The normalized spacial score (nSPS) is 22.8. The van der Waals surface area contributed by atoms with E-state index in [0.29, 0.717) is 6.04 Å². The number of carbonyl (C=O) groups is 1. The molecular formula is C15H30N2O3. The average Bonchev–Trinajstić information content (AvgIpc) is 2.74. The second-order valence-corrected chi connectivity index (χ2v) is 6.51. The van der Waals surface area contributed by atoms with Crippen LogP contribution in [0.15, 0.2) is 0 Å². The number of ether oxygens (including phenoxy) is 2. The van der Waals surface area contributed by atoms with E-state index in [1.807, 2.05) is 20.8 Å². The third kappa shape index (κ3) is 7.70. The summed E-state index contributed by atoms with van der Waals surface area (Å²) in [6, 6.07) is 0.749.